The van der Waals surface area contributed by atoms with Gasteiger partial charge in [-0.2, -0.15) is 0 Å². The number of nitrogens with zero attached hydrogens (tertiary/aromatic N) is 1. The van der Waals surface area contributed by atoms with Gasteiger partial charge in [0.2, 0.25) is 0 Å². The molecule has 4 N–H and O–H groups in total. The molecule has 130 valence electrons. The molecule has 1 aromatic heterocycles. The van der Waals surface area contributed by atoms with Crippen LogP contribution in [-0.2, 0) is 11.2 Å². The van der Waals surface area contributed by atoms with Gasteiger partial charge in [0.25, 0.3) is 0 Å². The number of amides is 1. The molecule has 0 aliphatic heterocycles. The third kappa shape index (κ3) is 3.04. The van der Waals surface area contributed by atoms with Crippen molar-refractivity contribution in [3.05, 3.63) is 46.1 Å². The van der Waals surface area contributed by atoms with E-state index in [9.17, 15) is 4.79 Å². The van der Waals surface area contributed by atoms with Gasteiger partial charge in [0, 0.05) is 33.8 Å². The number of hydrogen-bond acceptors (Lipinski definition) is 4. The first-order valence-corrected chi connectivity index (χ1v) is 8.88. The Morgan fingerprint density at radius 1 is 1.36 bits per heavy atom. The van der Waals surface area contributed by atoms with Gasteiger partial charge in [0.15, 0.2) is 0 Å². The second-order valence-electron chi connectivity index (χ2n) is 6.89. The average Bonchev–Trinajstić information content (AvgIpc) is 2.53. The van der Waals surface area contributed by atoms with Crippen LogP contribution >= 0.6 is 11.6 Å². The SMILES string of the molecule is NC(=O)OCCC1=CC2Cc3nc4cc(Cl)ccc4c(N)c3C(C1)C2. The fraction of sp³-hybridized carbons (Fsp3) is 0.368. The van der Waals surface area contributed by atoms with E-state index in [1.165, 1.54) is 11.1 Å². The number of benzene rings is 1. The zero-order valence-corrected chi connectivity index (χ0v) is 14.6. The normalized spacial score (nSPS) is 21.6. The molecule has 0 spiro atoms. The number of allylic oxidation sites excluding steroid dienone is 1. The Morgan fingerprint density at radius 3 is 3.00 bits per heavy atom. The molecule has 0 radical (unpaired) electrons. The van der Waals surface area contributed by atoms with Crippen LogP contribution in [0.2, 0.25) is 5.02 Å². The highest BCUT2D eigenvalue weighted by atomic mass is 35.5. The second kappa shape index (κ2) is 6.23. The van der Waals surface area contributed by atoms with Crippen molar-refractivity contribution in [3.8, 4) is 0 Å². The zero-order chi connectivity index (χ0) is 17.6. The maximum absolute atomic E-state index is 10.7. The van der Waals surface area contributed by atoms with Gasteiger partial charge in [-0.25, -0.2) is 4.79 Å². The van der Waals surface area contributed by atoms with Gasteiger partial charge in [-0.1, -0.05) is 23.3 Å². The number of fused-ring (bicyclic) bond motifs is 5. The van der Waals surface area contributed by atoms with E-state index in [1.807, 2.05) is 18.2 Å². The monoisotopic (exact) mass is 357 g/mol. The average molecular weight is 358 g/mol. The van der Waals surface area contributed by atoms with Crippen molar-refractivity contribution in [2.45, 2.75) is 31.6 Å². The van der Waals surface area contributed by atoms with Crippen LogP contribution < -0.4 is 11.5 Å². The maximum atomic E-state index is 10.7. The van der Waals surface area contributed by atoms with Crippen molar-refractivity contribution in [2.75, 3.05) is 12.3 Å². The molecule has 2 aliphatic rings. The lowest BCUT2D eigenvalue weighted by atomic mass is 9.70. The number of aromatic nitrogens is 1. The third-order valence-corrected chi connectivity index (χ3v) is 5.44. The van der Waals surface area contributed by atoms with Gasteiger partial charge < -0.3 is 16.2 Å². The summed E-state index contributed by atoms with van der Waals surface area (Å²) in [4.78, 5) is 15.6. The first kappa shape index (κ1) is 16.2. The Hall–Kier alpha value is -2.27. The summed E-state index contributed by atoms with van der Waals surface area (Å²) < 4.78 is 4.88. The van der Waals surface area contributed by atoms with E-state index < -0.39 is 6.09 Å². The number of primary amides is 1. The van der Waals surface area contributed by atoms with E-state index in [0.717, 1.165) is 48.0 Å². The molecule has 5 nitrogen and oxygen atoms in total. The number of nitrogen functional groups attached to an aromatic ring is 1. The van der Waals surface area contributed by atoms with E-state index in [2.05, 4.69) is 6.08 Å². The summed E-state index contributed by atoms with van der Waals surface area (Å²) in [6, 6.07) is 5.68. The largest absolute Gasteiger partial charge is 0.449 e. The summed E-state index contributed by atoms with van der Waals surface area (Å²) in [7, 11) is 0. The fourth-order valence-electron chi connectivity index (χ4n) is 4.26. The topological polar surface area (TPSA) is 91.2 Å². The number of nitrogens with two attached hydrogens (primary N) is 2. The van der Waals surface area contributed by atoms with Crippen LogP contribution in [0.5, 0.6) is 0 Å². The van der Waals surface area contributed by atoms with Gasteiger partial charge in [0.1, 0.15) is 0 Å². The Morgan fingerprint density at radius 2 is 2.20 bits per heavy atom. The molecule has 6 heteroatoms. The van der Waals surface area contributed by atoms with Crippen LogP contribution in [-0.4, -0.2) is 17.7 Å². The molecule has 0 fully saturated rings. The predicted molar refractivity (Wildman–Crippen MR) is 98.6 cm³/mol. The summed E-state index contributed by atoms with van der Waals surface area (Å²) in [5, 5.41) is 1.64. The summed E-state index contributed by atoms with van der Waals surface area (Å²) in [5.41, 5.74) is 16.8. The molecule has 1 amide bonds. The van der Waals surface area contributed by atoms with Crippen LogP contribution in [0.1, 0.15) is 36.4 Å². The van der Waals surface area contributed by atoms with Gasteiger partial charge >= 0.3 is 6.09 Å². The van der Waals surface area contributed by atoms with Gasteiger partial charge in [-0.15, -0.1) is 0 Å². The van der Waals surface area contributed by atoms with E-state index in [1.54, 1.807) is 0 Å². The standard InChI is InChI=1S/C19H20ClN3O2/c20-13-1-2-14-15(9-13)23-16-8-11-5-10(3-4-25-19(22)24)6-12(7-11)17(16)18(14)21/h1-2,5,9,11-12H,3-4,6-8H2,(H2,21,23)(H2,22,24). The van der Waals surface area contributed by atoms with Crippen molar-refractivity contribution in [1.82, 2.24) is 4.98 Å². The quantitative estimate of drug-likeness (QED) is 0.814. The number of ether oxygens (including phenoxy) is 1. The van der Waals surface area contributed by atoms with E-state index in [0.29, 0.717) is 23.5 Å². The molecule has 0 saturated carbocycles. The van der Waals surface area contributed by atoms with Crippen molar-refractivity contribution >= 4 is 34.3 Å². The highest BCUT2D eigenvalue weighted by Gasteiger charge is 2.33. The first-order chi connectivity index (χ1) is 12.0. The maximum Gasteiger partial charge on any atom is 0.404 e. The Bertz CT molecular complexity index is 894. The molecule has 2 aromatic rings. The van der Waals surface area contributed by atoms with Crippen molar-refractivity contribution in [3.63, 3.8) is 0 Å². The minimum Gasteiger partial charge on any atom is -0.449 e. The van der Waals surface area contributed by atoms with Gasteiger partial charge in [-0.3, -0.25) is 4.98 Å². The van der Waals surface area contributed by atoms with Crippen LogP contribution in [0, 0.1) is 5.92 Å². The number of anilines is 1. The Balaban J connectivity index is 1.66. The molecular weight excluding hydrogens is 338 g/mol. The summed E-state index contributed by atoms with van der Waals surface area (Å²) in [5.74, 6) is 0.827. The van der Waals surface area contributed by atoms with E-state index in [-0.39, 0.29) is 0 Å². The predicted octanol–water partition coefficient (Wildman–Crippen LogP) is 3.93. The van der Waals surface area contributed by atoms with Crippen LogP contribution in [0.3, 0.4) is 0 Å². The number of pyridine rings is 1. The van der Waals surface area contributed by atoms with E-state index >= 15 is 0 Å². The molecular formula is C19H20ClN3O2. The number of hydrogen-bond donors (Lipinski definition) is 2. The smallest absolute Gasteiger partial charge is 0.404 e. The molecule has 2 unspecified atom stereocenters. The molecule has 2 atom stereocenters. The second-order valence-corrected chi connectivity index (χ2v) is 7.33. The lowest BCUT2D eigenvalue weighted by molar-refractivity contribution is 0.157. The van der Waals surface area contributed by atoms with Crippen molar-refractivity contribution < 1.29 is 9.53 Å². The number of halogens is 1. The Kier molecular flexibility index (Phi) is 4.04. The Labute approximate surface area is 151 Å². The third-order valence-electron chi connectivity index (χ3n) is 5.20. The van der Waals surface area contributed by atoms with Crippen molar-refractivity contribution in [1.29, 1.82) is 0 Å². The molecule has 2 aliphatic carbocycles. The highest BCUT2D eigenvalue weighted by molar-refractivity contribution is 6.31. The number of carbonyl (C=O) groups excluding carboxylic acids is 1. The fourth-order valence-corrected chi connectivity index (χ4v) is 4.42. The number of rotatable bonds is 3. The summed E-state index contributed by atoms with van der Waals surface area (Å²) >= 11 is 6.10. The van der Waals surface area contributed by atoms with Gasteiger partial charge in [-0.05, 0) is 49.3 Å². The lowest BCUT2D eigenvalue weighted by Gasteiger charge is -2.36. The zero-order valence-electron chi connectivity index (χ0n) is 13.8. The van der Waals surface area contributed by atoms with Gasteiger partial charge in [0.05, 0.1) is 12.1 Å². The molecule has 0 saturated heterocycles. The summed E-state index contributed by atoms with van der Waals surface area (Å²) in [6.45, 7) is 0.331. The molecule has 1 heterocycles. The van der Waals surface area contributed by atoms with Crippen LogP contribution in [0.4, 0.5) is 10.5 Å². The van der Waals surface area contributed by atoms with Crippen molar-refractivity contribution in [2.24, 2.45) is 11.7 Å². The molecule has 25 heavy (non-hydrogen) atoms. The minimum absolute atomic E-state index is 0.331. The van der Waals surface area contributed by atoms with E-state index in [4.69, 9.17) is 32.8 Å². The lowest BCUT2D eigenvalue weighted by Crippen LogP contribution is -2.25. The highest BCUT2D eigenvalue weighted by Crippen LogP contribution is 2.47. The molecule has 4 rings (SSSR count). The first-order valence-electron chi connectivity index (χ1n) is 8.50. The molecule has 2 bridgehead atoms. The molecule has 1 aromatic carbocycles. The summed E-state index contributed by atoms with van der Waals surface area (Å²) in [6.07, 6.45) is 5.22. The minimum atomic E-state index is -0.722. The van der Waals surface area contributed by atoms with Crippen LogP contribution in [0.25, 0.3) is 10.9 Å². The number of carbonyl (C=O) groups is 1. The van der Waals surface area contributed by atoms with Crippen LogP contribution in [0.15, 0.2) is 29.8 Å².